The number of nitrogens with one attached hydrogen (secondary N) is 1. The van der Waals surface area contributed by atoms with Crippen LogP contribution in [0.25, 0.3) is 27.8 Å². The van der Waals surface area contributed by atoms with Crippen molar-refractivity contribution in [2.24, 2.45) is 0 Å². The van der Waals surface area contributed by atoms with Crippen LogP contribution in [0, 0.1) is 0 Å². The fourth-order valence-electron chi connectivity index (χ4n) is 3.19. The van der Waals surface area contributed by atoms with Crippen LogP contribution >= 0.6 is 11.8 Å². The number of aromatic nitrogens is 6. The van der Waals surface area contributed by atoms with Crippen molar-refractivity contribution >= 4 is 33.6 Å². The zero-order valence-electron chi connectivity index (χ0n) is 14.5. The number of thioether (sulfide) groups is 1. The third-order valence-electron chi connectivity index (χ3n) is 4.67. The van der Waals surface area contributed by atoms with E-state index >= 15 is 0 Å². The minimum Gasteiger partial charge on any atom is -0.312 e. The fraction of sp³-hybridized carbons (Fsp3) is 0.278. The molecule has 0 radical (unpaired) electrons. The van der Waals surface area contributed by atoms with Crippen LogP contribution in [0.3, 0.4) is 0 Å². The number of hydrogen-bond acceptors (Lipinski definition) is 6. The molecule has 0 aliphatic heterocycles. The van der Waals surface area contributed by atoms with Crippen molar-refractivity contribution in [3.8, 4) is 5.95 Å². The standard InChI is InChI=1S/C18H16N6O2S/c1-2-27-18-20-17(21-22-18)24-8-6-14-12(16(24)26)9-11-13(19-14)5-7-23(15(11)25)10-3-4-10/h5-10H,2-4H2,1H3,(H,20,21,22). The highest BCUT2D eigenvalue weighted by Crippen LogP contribution is 2.33. The van der Waals surface area contributed by atoms with Gasteiger partial charge in [0.05, 0.1) is 21.8 Å². The van der Waals surface area contributed by atoms with Gasteiger partial charge in [-0.3, -0.25) is 14.2 Å². The van der Waals surface area contributed by atoms with Crippen molar-refractivity contribution in [2.45, 2.75) is 31.0 Å². The van der Waals surface area contributed by atoms with E-state index in [1.807, 2.05) is 13.0 Å². The van der Waals surface area contributed by atoms with Crippen LogP contribution in [0.2, 0.25) is 0 Å². The molecular weight excluding hydrogens is 364 g/mol. The first kappa shape index (κ1) is 16.2. The Balaban J connectivity index is 1.72. The molecule has 0 amide bonds. The van der Waals surface area contributed by atoms with Gasteiger partial charge in [0.2, 0.25) is 11.1 Å². The van der Waals surface area contributed by atoms with E-state index in [0.717, 1.165) is 18.6 Å². The lowest BCUT2D eigenvalue weighted by molar-refractivity contribution is 0.714. The number of hydrogen-bond donors (Lipinski definition) is 1. The molecule has 4 aromatic heterocycles. The summed E-state index contributed by atoms with van der Waals surface area (Å²) in [6.07, 6.45) is 5.45. The second kappa shape index (κ2) is 6.05. The van der Waals surface area contributed by atoms with Crippen LogP contribution in [0.4, 0.5) is 0 Å². The summed E-state index contributed by atoms with van der Waals surface area (Å²) < 4.78 is 3.13. The molecule has 0 unspecified atom stereocenters. The van der Waals surface area contributed by atoms with E-state index < -0.39 is 0 Å². The molecule has 1 N–H and O–H groups in total. The van der Waals surface area contributed by atoms with Crippen LogP contribution in [0.5, 0.6) is 0 Å². The first-order valence-corrected chi connectivity index (χ1v) is 9.77. The van der Waals surface area contributed by atoms with Gasteiger partial charge in [-0.25, -0.2) is 10.1 Å². The average molecular weight is 380 g/mol. The van der Waals surface area contributed by atoms with Crippen molar-refractivity contribution in [2.75, 3.05) is 5.75 Å². The minimum absolute atomic E-state index is 0.0968. The molecule has 8 nitrogen and oxygen atoms in total. The normalized spacial score (nSPS) is 14.3. The minimum atomic E-state index is -0.285. The van der Waals surface area contributed by atoms with E-state index in [1.165, 1.54) is 16.3 Å². The summed E-state index contributed by atoms with van der Waals surface area (Å²) in [6.45, 7) is 2.01. The van der Waals surface area contributed by atoms with Gasteiger partial charge in [0, 0.05) is 18.4 Å². The Kier molecular flexibility index (Phi) is 3.64. The van der Waals surface area contributed by atoms with Gasteiger partial charge in [0.15, 0.2) is 0 Å². The highest BCUT2D eigenvalue weighted by atomic mass is 32.2. The summed E-state index contributed by atoms with van der Waals surface area (Å²) in [5.41, 5.74) is 0.769. The molecule has 0 saturated heterocycles. The molecule has 0 bridgehead atoms. The summed E-state index contributed by atoms with van der Waals surface area (Å²) in [6, 6.07) is 5.51. The van der Waals surface area contributed by atoms with Crippen molar-refractivity contribution < 1.29 is 0 Å². The first-order chi connectivity index (χ1) is 13.2. The molecule has 4 heterocycles. The Bertz CT molecular complexity index is 1300. The van der Waals surface area contributed by atoms with Crippen LogP contribution in [-0.4, -0.2) is 35.1 Å². The molecule has 0 spiro atoms. The average Bonchev–Trinajstić information content (AvgIpc) is 3.41. The number of aromatic amines is 1. The predicted octanol–water partition coefficient (Wildman–Crippen LogP) is 2.27. The largest absolute Gasteiger partial charge is 0.312 e. The smallest absolute Gasteiger partial charge is 0.266 e. The van der Waals surface area contributed by atoms with Gasteiger partial charge in [0.1, 0.15) is 0 Å². The van der Waals surface area contributed by atoms with Crippen LogP contribution in [0.1, 0.15) is 25.8 Å². The maximum Gasteiger partial charge on any atom is 0.266 e. The van der Waals surface area contributed by atoms with Gasteiger partial charge >= 0.3 is 0 Å². The highest BCUT2D eigenvalue weighted by Gasteiger charge is 2.25. The van der Waals surface area contributed by atoms with Crippen molar-refractivity contribution in [3.05, 3.63) is 51.3 Å². The van der Waals surface area contributed by atoms with Crippen LogP contribution in [0.15, 0.2) is 45.3 Å². The van der Waals surface area contributed by atoms with E-state index in [1.54, 1.807) is 29.1 Å². The summed E-state index contributed by atoms with van der Waals surface area (Å²) in [5, 5.41) is 8.33. The zero-order chi connectivity index (χ0) is 18.5. The third-order valence-corrected chi connectivity index (χ3v) is 5.39. The molecule has 5 rings (SSSR count). The topological polar surface area (TPSA) is 98.5 Å². The van der Waals surface area contributed by atoms with Gasteiger partial charge in [-0.15, -0.1) is 5.10 Å². The van der Waals surface area contributed by atoms with Gasteiger partial charge in [-0.1, -0.05) is 18.7 Å². The van der Waals surface area contributed by atoms with E-state index in [0.29, 0.717) is 32.9 Å². The van der Waals surface area contributed by atoms with Crippen LogP contribution in [-0.2, 0) is 0 Å². The number of rotatable bonds is 4. The molecule has 27 heavy (non-hydrogen) atoms. The molecule has 1 saturated carbocycles. The molecule has 136 valence electrons. The molecular formula is C18H16N6O2S. The van der Waals surface area contributed by atoms with E-state index in [2.05, 4.69) is 20.2 Å². The second-order valence-electron chi connectivity index (χ2n) is 6.48. The summed E-state index contributed by atoms with van der Waals surface area (Å²) in [7, 11) is 0. The molecule has 9 heteroatoms. The van der Waals surface area contributed by atoms with Crippen LogP contribution < -0.4 is 11.1 Å². The lowest BCUT2D eigenvalue weighted by Gasteiger charge is -2.07. The number of fused-ring (bicyclic) bond motifs is 2. The van der Waals surface area contributed by atoms with Crippen molar-refractivity contribution in [1.82, 2.24) is 29.3 Å². The predicted molar refractivity (Wildman–Crippen MR) is 104 cm³/mol. The lowest BCUT2D eigenvalue weighted by atomic mass is 10.2. The molecule has 0 aromatic carbocycles. The summed E-state index contributed by atoms with van der Waals surface area (Å²) >= 11 is 1.49. The van der Waals surface area contributed by atoms with Gasteiger partial charge < -0.3 is 4.57 Å². The summed E-state index contributed by atoms with van der Waals surface area (Å²) in [5.74, 6) is 1.19. The molecule has 4 aromatic rings. The molecule has 1 aliphatic carbocycles. The third kappa shape index (κ3) is 2.66. The molecule has 1 aliphatic rings. The maximum atomic E-state index is 13.0. The quantitative estimate of drug-likeness (QED) is 0.431. The van der Waals surface area contributed by atoms with Crippen molar-refractivity contribution in [1.29, 1.82) is 0 Å². The van der Waals surface area contributed by atoms with E-state index in [-0.39, 0.29) is 17.2 Å². The fourth-order valence-corrected chi connectivity index (χ4v) is 3.71. The van der Waals surface area contributed by atoms with E-state index in [4.69, 9.17) is 0 Å². The van der Waals surface area contributed by atoms with Gasteiger partial charge in [-0.05, 0) is 36.8 Å². The Labute approximate surface area is 157 Å². The monoisotopic (exact) mass is 380 g/mol. The Morgan fingerprint density at radius 3 is 2.59 bits per heavy atom. The van der Waals surface area contributed by atoms with E-state index in [9.17, 15) is 9.59 Å². The maximum absolute atomic E-state index is 13.0. The number of nitrogens with zero attached hydrogens (tertiary/aromatic N) is 5. The highest BCUT2D eigenvalue weighted by molar-refractivity contribution is 7.99. The Morgan fingerprint density at radius 2 is 1.85 bits per heavy atom. The Hall–Kier alpha value is -2.94. The Morgan fingerprint density at radius 1 is 1.11 bits per heavy atom. The second-order valence-corrected chi connectivity index (χ2v) is 7.71. The molecule has 0 atom stereocenters. The number of H-pyrrole nitrogens is 1. The summed E-state index contributed by atoms with van der Waals surface area (Å²) in [4.78, 5) is 34.6. The van der Waals surface area contributed by atoms with Crippen molar-refractivity contribution in [3.63, 3.8) is 0 Å². The van der Waals surface area contributed by atoms with Gasteiger partial charge in [-0.2, -0.15) is 4.98 Å². The first-order valence-electron chi connectivity index (χ1n) is 8.78. The lowest BCUT2D eigenvalue weighted by Crippen LogP contribution is -2.21. The zero-order valence-corrected chi connectivity index (χ0v) is 15.4. The van der Waals surface area contributed by atoms with Gasteiger partial charge in [0.25, 0.3) is 11.1 Å². The molecule has 1 fully saturated rings. The SMILES string of the molecule is CCSc1n[nH]c(-n2ccc3nc4ccn(C5CC5)c(=O)c4cc3c2=O)n1. The number of pyridine rings is 3.